The van der Waals surface area contributed by atoms with Gasteiger partial charge in [-0.3, -0.25) is 0 Å². The van der Waals surface area contributed by atoms with E-state index in [1.54, 1.807) is 13.0 Å². The Balaban J connectivity index is 0.000000810. The molecule has 5 heteroatoms. The number of nitrogens with two attached hydrogens (primary N) is 1. The average molecular weight is 232 g/mol. The van der Waals surface area contributed by atoms with E-state index in [1.807, 2.05) is 0 Å². The first-order valence-corrected chi connectivity index (χ1v) is 3.45. The van der Waals surface area contributed by atoms with Crippen molar-refractivity contribution in [1.82, 2.24) is 0 Å². The number of nitrogens with zero attached hydrogens (tertiary/aromatic N) is 1. The number of allylic oxidation sites excluding steroid dienone is 1. The Kier molecular flexibility index (Phi) is 4.77. The maximum absolute atomic E-state index is 10.7. The third-order valence-electron chi connectivity index (χ3n) is 0.965. The second kappa shape index (κ2) is 4.49. The summed E-state index contributed by atoms with van der Waals surface area (Å²) in [7, 11) is 0. The molecule has 1 atom stereocenters. The fourth-order valence-electron chi connectivity index (χ4n) is 0.578. The minimum atomic E-state index is -0.372. The van der Waals surface area contributed by atoms with Gasteiger partial charge in [0.2, 0.25) is 0 Å². The Bertz CT molecular complexity index is 171. The van der Waals surface area contributed by atoms with E-state index in [9.17, 15) is 4.79 Å². The van der Waals surface area contributed by atoms with Crippen LogP contribution in [0.25, 0.3) is 5.32 Å². The van der Waals surface area contributed by atoms with Crippen LogP contribution in [0, 0.1) is 0 Å². The number of thioether (sulfide) groups is 1. The molecule has 0 bridgehead atoms. The molecule has 1 rings (SSSR count). The van der Waals surface area contributed by atoms with Crippen molar-refractivity contribution in [2.75, 3.05) is 0 Å². The summed E-state index contributed by atoms with van der Waals surface area (Å²) in [5.41, 5.74) is 4.95. The van der Waals surface area contributed by atoms with E-state index in [0.29, 0.717) is 4.91 Å². The normalized spacial score (nSPS) is 28.0. The molecule has 10 heavy (non-hydrogen) atoms. The van der Waals surface area contributed by atoms with Crippen LogP contribution in [0.1, 0.15) is 6.92 Å². The van der Waals surface area contributed by atoms with Crippen LogP contribution in [0.3, 0.4) is 0 Å². The van der Waals surface area contributed by atoms with Crippen LogP contribution in [-0.4, -0.2) is 11.4 Å². The van der Waals surface area contributed by atoms with Gasteiger partial charge in [-0.1, -0.05) is 6.08 Å². The van der Waals surface area contributed by atoms with Gasteiger partial charge < -0.3 is 15.8 Å². The standard InChI is InChI=1S/C5H8N2OS.Y/c1-2-3-4(8)7-5(6)9-3;/h2,5H,6H2,1H3,(H,7,8);/p-1/b3-2-;. The third kappa shape index (κ3) is 2.34. The summed E-state index contributed by atoms with van der Waals surface area (Å²) < 4.78 is 0. The van der Waals surface area contributed by atoms with Crippen molar-refractivity contribution in [3.63, 3.8) is 0 Å². The first-order valence-electron chi connectivity index (χ1n) is 2.58. The number of amides is 1. The summed E-state index contributed by atoms with van der Waals surface area (Å²) in [6, 6.07) is 0. The molecule has 1 saturated heterocycles. The summed E-state index contributed by atoms with van der Waals surface area (Å²) in [6.45, 7) is 1.80. The fraction of sp³-hybridized carbons (Fsp3) is 0.400. The quantitative estimate of drug-likeness (QED) is 0.628. The van der Waals surface area contributed by atoms with Crippen LogP contribution in [0.4, 0.5) is 0 Å². The van der Waals surface area contributed by atoms with Crippen LogP contribution < -0.4 is 5.73 Å². The molecule has 1 aliphatic heterocycles. The Morgan fingerprint density at radius 2 is 2.40 bits per heavy atom. The smallest absolute Gasteiger partial charge is 0.0897 e. The molecule has 0 aromatic rings. The third-order valence-corrected chi connectivity index (χ3v) is 1.98. The molecule has 0 saturated carbocycles. The van der Waals surface area contributed by atoms with Crippen LogP contribution in [0.5, 0.6) is 0 Å². The van der Waals surface area contributed by atoms with Crippen molar-refractivity contribution in [3.8, 4) is 0 Å². The molecule has 2 N–H and O–H groups in total. The second-order valence-corrected chi connectivity index (χ2v) is 2.75. The predicted molar refractivity (Wildman–Crippen MR) is 37.7 cm³/mol. The zero-order valence-corrected chi connectivity index (χ0v) is 9.23. The maximum atomic E-state index is 10.7. The maximum Gasteiger partial charge on any atom is 0.0897 e. The molecule has 1 radical (unpaired) electrons. The summed E-state index contributed by atoms with van der Waals surface area (Å²) in [5.74, 6) is -0.185. The van der Waals surface area contributed by atoms with Crippen LogP contribution >= 0.6 is 11.8 Å². The van der Waals surface area contributed by atoms with Gasteiger partial charge in [0.15, 0.2) is 0 Å². The molecule has 1 amide bonds. The van der Waals surface area contributed by atoms with E-state index in [1.165, 1.54) is 11.8 Å². The van der Waals surface area contributed by atoms with Gasteiger partial charge in [-0.15, -0.1) is 11.8 Å². The zero-order valence-electron chi connectivity index (χ0n) is 5.57. The molecule has 1 fully saturated rings. The monoisotopic (exact) mass is 232 g/mol. The number of rotatable bonds is 0. The molecule has 1 unspecified atom stereocenters. The Morgan fingerprint density at radius 1 is 1.80 bits per heavy atom. The Hall–Kier alpha value is 0.624. The van der Waals surface area contributed by atoms with Crippen molar-refractivity contribution < 1.29 is 37.5 Å². The largest absolute Gasteiger partial charge is 0.626 e. The molecule has 1 heterocycles. The van der Waals surface area contributed by atoms with E-state index in [0.717, 1.165) is 0 Å². The second-order valence-electron chi connectivity index (χ2n) is 1.60. The van der Waals surface area contributed by atoms with Crippen LogP contribution in [0.15, 0.2) is 11.0 Å². The Morgan fingerprint density at radius 3 is 2.60 bits per heavy atom. The fourth-order valence-corrected chi connectivity index (χ4v) is 1.28. The van der Waals surface area contributed by atoms with Crippen molar-refractivity contribution >= 4 is 17.7 Å². The zero-order chi connectivity index (χ0) is 6.85. The number of hydrogen-bond acceptors (Lipinski definition) is 3. The van der Waals surface area contributed by atoms with Crippen molar-refractivity contribution in [3.05, 3.63) is 16.3 Å². The average Bonchev–Trinajstić information content (AvgIpc) is 2.10. The molecule has 0 aromatic carbocycles. The molecule has 53 valence electrons. The van der Waals surface area contributed by atoms with Gasteiger partial charge in [-0.25, -0.2) is 0 Å². The van der Waals surface area contributed by atoms with Gasteiger partial charge in [-0.2, -0.15) is 0 Å². The molecule has 1 aliphatic rings. The molecule has 0 aromatic heterocycles. The summed E-state index contributed by atoms with van der Waals surface area (Å²) >= 11 is 1.30. The van der Waals surface area contributed by atoms with Crippen LogP contribution in [0.2, 0.25) is 0 Å². The van der Waals surface area contributed by atoms with E-state index >= 15 is 0 Å². The topological polar surface area (TPSA) is 57.2 Å². The summed E-state index contributed by atoms with van der Waals surface area (Å²) in [6.07, 6.45) is 1.73. The summed E-state index contributed by atoms with van der Waals surface area (Å²) in [4.78, 5) is 11.3. The Labute approximate surface area is 89.1 Å². The van der Waals surface area contributed by atoms with Gasteiger partial charge >= 0.3 is 0 Å². The van der Waals surface area contributed by atoms with Crippen molar-refractivity contribution in [2.24, 2.45) is 5.73 Å². The number of carbonyl (C=O) groups excluding carboxylic acids is 1. The molecule has 0 aliphatic carbocycles. The van der Waals surface area contributed by atoms with E-state index in [4.69, 9.17) is 5.73 Å². The molecular weight excluding hydrogens is 225 g/mol. The van der Waals surface area contributed by atoms with E-state index < -0.39 is 0 Å². The molecular formula is C5H7N2OSY-. The van der Waals surface area contributed by atoms with Gasteiger partial charge in [0, 0.05) is 37.6 Å². The number of carbonyl (C=O) groups is 1. The van der Waals surface area contributed by atoms with Crippen molar-refractivity contribution in [1.29, 1.82) is 0 Å². The number of hydrogen-bond donors (Lipinski definition) is 1. The van der Waals surface area contributed by atoms with Crippen molar-refractivity contribution in [2.45, 2.75) is 12.4 Å². The van der Waals surface area contributed by atoms with Crippen LogP contribution in [-0.2, 0) is 37.5 Å². The first-order chi connectivity index (χ1) is 4.24. The first kappa shape index (κ1) is 10.6. The molecule has 0 spiro atoms. The van der Waals surface area contributed by atoms with Gasteiger partial charge in [0.25, 0.3) is 0 Å². The van der Waals surface area contributed by atoms with Gasteiger partial charge in [0.1, 0.15) is 0 Å². The SMILES string of the molecule is C/C=C1\SC(N)[N-]C1=O.[Y]. The minimum absolute atomic E-state index is 0. The van der Waals surface area contributed by atoms with Gasteiger partial charge in [0.05, 0.1) is 5.91 Å². The summed E-state index contributed by atoms with van der Waals surface area (Å²) in [5, 5.41) is 3.57. The van der Waals surface area contributed by atoms with E-state index in [2.05, 4.69) is 5.32 Å². The minimum Gasteiger partial charge on any atom is -0.626 e. The molecule has 3 nitrogen and oxygen atoms in total. The van der Waals surface area contributed by atoms with Gasteiger partial charge in [-0.05, 0) is 12.4 Å². The predicted octanol–water partition coefficient (Wildman–Crippen LogP) is 0.777. The van der Waals surface area contributed by atoms with E-state index in [-0.39, 0.29) is 44.1 Å².